The van der Waals surface area contributed by atoms with Crippen LogP contribution in [0.15, 0.2) is 24.3 Å². The molecule has 0 N–H and O–H groups in total. The molecule has 3 nitrogen and oxygen atoms in total. The molecule has 0 unspecified atom stereocenters. The minimum Gasteiger partial charge on any atom is -0.490 e. The van der Waals surface area contributed by atoms with Crippen LogP contribution in [-0.2, 0) is 0 Å². The number of hydrogen-bond acceptors (Lipinski definition) is 3. The van der Waals surface area contributed by atoms with Crippen LogP contribution in [0.2, 0.25) is 0 Å². The van der Waals surface area contributed by atoms with Crippen molar-refractivity contribution in [1.82, 2.24) is 4.90 Å². The molecule has 1 aliphatic heterocycles. The molecular weight excluding hydrogens is 200 g/mol. The zero-order valence-corrected chi connectivity index (χ0v) is 9.52. The average molecular weight is 216 g/mol. The van der Waals surface area contributed by atoms with Crippen molar-refractivity contribution in [3.8, 4) is 11.8 Å². The van der Waals surface area contributed by atoms with Gasteiger partial charge in [-0.05, 0) is 38.1 Å². The molecule has 0 radical (unpaired) electrons. The highest BCUT2D eigenvalue weighted by molar-refractivity contribution is 5.36. The summed E-state index contributed by atoms with van der Waals surface area (Å²) in [7, 11) is 2.13. The van der Waals surface area contributed by atoms with E-state index in [0.717, 1.165) is 31.7 Å². The number of nitrogens with zero attached hydrogens (tertiary/aromatic N) is 2. The third-order valence-corrected chi connectivity index (χ3v) is 2.93. The van der Waals surface area contributed by atoms with E-state index in [2.05, 4.69) is 18.0 Å². The molecule has 1 saturated heterocycles. The van der Waals surface area contributed by atoms with Gasteiger partial charge in [-0.3, -0.25) is 0 Å². The van der Waals surface area contributed by atoms with Crippen molar-refractivity contribution in [2.24, 2.45) is 0 Å². The molecule has 1 fully saturated rings. The zero-order valence-electron chi connectivity index (χ0n) is 9.52. The summed E-state index contributed by atoms with van der Waals surface area (Å²) in [5.41, 5.74) is 0.658. The smallest absolute Gasteiger partial charge is 0.121 e. The van der Waals surface area contributed by atoms with E-state index in [9.17, 15) is 0 Å². The quantitative estimate of drug-likeness (QED) is 0.759. The van der Waals surface area contributed by atoms with Gasteiger partial charge in [-0.15, -0.1) is 0 Å². The molecular formula is C13H16N2O. The van der Waals surface area contributed by atoms with Gasteiger partial charge in [0.2, 0.25) is 0 Å². The zero-order chi connectivity index (χ0) is 11.4. The predicted octanol–water partition coefficient (Wildman–Crippen LogP) is 2.03. The fraction of sp³-hybridized carbons (Fsp3) is 0.462. The topological polar surface area (TPSA) is 36.3 Å². The number of benzene rings is 1. The van der Waals surface area contributed by atoms with Crippen LogP contribution in [0, 0.1) is 11.3 Å². The summed E-state index contributed by atoms with van der Waals surface area (Å²) in [6.45, 7) is 2.17. The first-order valence-electron chi connectivity index (χ1n) is 5.63. The van der Waals surface area contributed by atoms with Crippen LogP contribution in [0.25, 0.3) is 0 Å². The number of piperidine rings is 1. The number of likely N-dealkylation sites (tertiary alicyclic amines) is 1. The Hall–Kier alpha value is -1.53. The standard InChI is InChI=1S/C13H16N2O/c1-15-7-5-12(6-8-15)16-13-4-2-3-11(9-13)10-14/h2-4,9,12H,5-8H2,1H3. The van der Waals surface area contributed by atoms with Crippen LogP contribution in [0.1, 0.15) is 18.4 Å². The van der Waals surface area contributed by atoms with Crippen LogP contribution in [0.3, 0.4) is 0 Å². The lowest BCUT2D eigenvalue weighted by atomic mass is 10.1. The summed E-state index contributed by atoms with van der Waals surface area (Å²) in [5.74, 6) is 0.814. The summed E-state index contributed by atoms with van der Waals surface area (Å²) >= 11 is 0. The van der Waals surface area contributed by atoms with Gasteiger partial charge in [-0.2, -0.15) is 5.26 Å². The molecule has 0 aliphatic carbocycles. The third kappa shape index (κ3) is 2.74. The largest absolute Gasteiger partial charge is 0.490 e. The van der Waals surface area contributed by atoms with Crippen LogP contribution in [-0.4, -0.2) is 31.1 Å². The highest BCUT2D eigenvalue weighted by atomic mass is 16.5. The maximum Gasteiger partial charge on any atom is 0.121 e. The first-order chi connectivity index (χ1) is 7.78. The Labute approximate surface area is 96.2 Å². The summed E-state index contributed by atoms with van der Waals surface area (Å²) in [6.07, 6.45) is 2.42. The maximum atomic E-state index is 8.79. The fourth-order valence-corrected chi connectivity index (χ4v) is 1.93. The molecule has 1 aliphatic rings. The van der Waals surface area contributed by atoms with E-state index in [1.165, 1.54) is 0 Å². The number of nitriles is 1. The molecule has 1 aromatic carbocycles. The predicted molar refractivity (Wildman–Crippen MR) is 62.3 cm³/mol. The van der Waals surface area contributed by atoms with E-state index < -0.39 is 0 Å². The van der Waals surface area contributed by atoms with E-state index in [1.54, 1.807) is 12.1 Å². The Kier molecular flexibility index (Phi) is 3.43. The highest BCUT2D eigenvalue weighted by Gasteiger charge is 2.17. The van der Waals surface area contributed by atoms with Crippen molar-refractivity contribution in [3.63, 3.8) is 0 Å². The molecule has 1 heterocycles. The van der Waals surface area contributed by atoms with Gasteiger partial charge >= 0.3 is 0 Å². The van der Waals surface area contributed by atoms with Gasteiger partial charge in [0.1, 0.15) is 11.9 Å². The van der Waals surface area contributed by atoms with Gasteiger partial charge < -0.3 is 9.64 Å². The van der Waals surface area contributed by atoms with Gasteiger partial charge in [0, 0.05) is 13.1 Å². The maximum absolute atomic E-state index is 8.79. The van der Waals surface area contributed by atoms with Gasteiger partial charge in [-0.25, -0.2) is 0 Å². The second-order valence-electron chi connectivity index (χ2n) is 4.26. The van der Waals surface area contributed by atoms with Crippen LogP contribution in [0.5, 0.6) is 5.75 Å². The molecule has 16 heavy (non-hydrogen) atoms. The molecule has 0 amide bonds. The summed E-state index contributed by atoms with van der Waals surface area (Å²) in [4.78, 5) is 2.31. The van der Waals surface area contributed by atoms with Crippen molar-refractivity contribution in [1.29, 1.82) is 5.26 Å². The van der Waals surface area contributed by atoms with Gasteiger partial charge in [0.05, 0.1) is 11.6 Å². The lowest BCUT2D eigenvalue weighted by Crippen LogP contribution is -2.35. The van der Waals surface area contributed by atoms with Crippen LogP contribution >= 0.6 is 0 Å². The minimum absolute atomic E-state index is 0.296. The summed E-state index contributed by atoms with van der Waals surface area (Å²) < 4.78 is 5.87. The minimum atomic E-state index is 0.296. The van der Waals surface area contributed by atoms with Crippen molar-refractivity contribution < 1.29 is 4.74 Å². The number of ether oxygens (including phenoxy) is 1. The van der Waals surface area contributed by atoms with E-state index in [0.29, 0.717) is 11.7 Å². The Morgan fingerprint density at radius 1 is 1.38 bits per heavy atom. The molecule has 0 aromatic heterocycles. The highest BCUT2D eigenvalue weighted by Crippen LogP contribution is 2.19. The van der Waals surface area contributed by atoms with Crippen molar-refractivity contribution in [3.05, 3.63) is 29.8 Å². The van der Waals surface area contributed by atoms with Gasteiger partial charge in [-0.1, -0.05) is 6.07 Å². The van der Waals surface area contributed by atoms with E-state index in [1.807, 2.05) is 12.1 Å². The van der Waals surface area contributed by atoms with Crippen molar-refractivity contribution in [2.45, 2.75) is 18.9 Å². The molecule has 0 atom stereocenters. The van der Waals surface area contributed by atoms with Crippen LogP contribution in [0.4, 0.5) is 0 Å². The first-order valence-corrected chi connectivity index (χ1v) is 5.63. The normalized spacial score (nSPS) is 18.0. The monoisotopic (exact) mass is 216 g/mol. The number of hydrogen-bond donors (Lipinski definition) is 0. The molecule has 84 valence electrons. The summed E-state index contributed by atoms with van der Waals surface area (Å²) in [5, 5.41) is 8.79. The first kappa shape index (κ1) is 11.0. The van der Waals surface area contributed by atoms with E-state index in [-0.39, 0.29) is 0 Å². The SMILES string of the molecule is CN1CCC(Oc2cccc(C#N)c2)CC1. The van der Waals surface area contributed by atoms with Gasteiger partial charge in [0.15, 0.2) is 0 Å². The second-order valence-corrected chi connectivity index (χ2v) is 4.26. The Morgan fingerprint density at radius 2 is 2.12 bits per heavy atom. The van der Waals surface area contributed by atoms with Crippen LogP contribution < -0.4 is 4.74 Å². The molecule has 3 heteroatoms. The number of rotatable bonds is 2. The van der Waals surface area contributed by atoms with Crippen molar-refractivity contribution in [2.75, 3.05) is 20.1 Å². The fourth-order valence-electron chi connectivity index (χ4n) is 1.93. The lowest BCUT2D eigenvalue weighted by molar-refractivity contribution is 0.114. The Bertz CT molecular complexity index is 389. The van der Waals surface area contributed by atoms with Gasteiger partial charge in [0.25, 0.3) is 0 Å². The van der Waals surface area contributed by atoms with E-state index in [4.69, 9.17) is 10.00 Å². The molecule has 1 aromatic rings. The van der Waals surface area contributed by atoms with Crippen molar-refractivity contribution >= 4 is 0 Å². The molecule has 2 rings (SSSR count). The summed E-state index contributed by atoms with van der Waals surface area (Å²) in [6, 6.07) is 9.50. The molecule has 0 spiro atoms. The molecule has 0 bridgehead atoms. The Balaban J connectivity index is 1.96. The molecule has 0 saturated carbocycles. The third-order valence-electron chi connectivity index (χ3n) is 2.93. The van der Waals surface area contributed by atoms with E-state index >= 15 is 0 Å². The Morgan fingerprint density at radius 3 is 2.81 bits per heavy atom. The second kappa shape index (κ2) is 5.00. The lowest BCUT2D eigenvalue weighted by Gasteiger charge is -2.29. The average Bonchev–Trinajstić information content (AvgIpc) is 2.32.